The Morgan fingerprint density at radius 1 is 1.25 bits per heavy atom. The van der Waals surface area contributed by atoms with Crippen LogP contribution in [0, 0.1) is 0 Å². The molecule has 0 fully saturated rings. The van der Waals surface area contributed by atoms with Gasteiger partial charge in [0.25, 0.3) is 5.56 Å². The number of sulfonamides is 1. The van der Waals surface area contributed by atoms with Crippen molar-refractivity contribution >= 4 is 10.0 Å². The van der Waals surface area contributed by atoms with Gasteiger partial charge in [0.15, 0.2) is 0 Å². The topological polar surface area (TPSA) is 101 Å². The highest BCUT2D eigenvalue weighted by molar-refractivity contribution is 7.89. The SMILES string of the molecule is CCc1ccc(-c2ccc(=O)[nH]n2)cc1S(=O)(=O)NCCCOC. The van der Waals surface area contributed by atoms with Gasteiger partial charge in [0.1, 0.15) is 0 Å². The zero-order valence-corrected chi connectivity index (χ0v) is 14.5. The van der Waals surface area contributed by atoms with Crippen LogP contribution < -0.4 is 10.3 Å². The predicted molar refractivity (Wildman–Crippen MR) is 91.4 cm³/mol. The van der Waals surface area contributed by atoms with Crippen LogP contribution in [-0.2, 0) is 21.2 Å². The third-order valence-corrected chi connectivity index (χ3v) is 5.07. The molecule has 1 aromatic heterocycles. The quantitative estimate of drug-likeness (QED) is 0.699. The van der Waals surface area contributed by atoms with E-state index in [1.165, 1.54) is 6.07 Å². The van der Waals surface area contributed by atoms with E-state index in [2.05, 4.69) is 14.9 Å². The molecule has 130 valence electrons. The molecule has 1 aromatic carbocycles. The van der Waals surface area contributed by atoms with Gasteiger partial charge in [-0.15, -0.1) is 0 Å². The molecule has 0 aliphatic carbocycles. The third-order valence-electron chi connectivity index (χ3n) is 3.53. The number of ether oxygens (including phenoxy) is 1. The monoisotopic (exact) mass is 351 g/mol. The summed E-state index contributed by atoms with van der Waals surface area (Å²) in [7, 11) is -2.05. The summed E-state index contributed by atoms with van der Waals surface area (Å²) >= 11 is 0. The second-order valence-electron chi connectivity index (χ2n) is 5.23. The Labute approximate surface area is 141 Å². The fourth-order valence-corrected chi connectivity index (χ4v) is 3.67. The zero-order valence-electron chi connectivity index (χ0n) is 13.7. The van der Waals surface area contributed by atoms with Crippen LogP contribution in [0.5, 0.6) is 0 Å². The van der Waals surface area contributed by atoms with Gasteiger partial charge in [-0.2, -0.15) is 5.10 Å². The Balaban J connectivity index is 2.35. The first-order valence-corrected chi connectivity index (χ1v) is 9.14. The fourth-order valence-electron chi connectivity index (χ4n) is 2.26. The van der Waals surface area contributed by atoms with E-state index in [9.17, 15) is 13.2 Å². The summed E-state index contributed by atoms with van der Waals surface area (Å²) in [4.78, 5) is 11.3. The predicted octanol–water partition coefficient (Wildman–Crippen LogP) is 1.31. The van der Waals surface area contributed by atoms with E-state index < -0.39 is 10.0 Å². The van der Waals surface area contributed by atoms with Crippen molar-refractivity contribution in [3.05, 3.63) is 46.2 Å². The average molecular weight is 351 g/mol. The van der Waals surface area contributed by atoms with Crippen LogP contribution in [0.2, 0.25) is 0 Å². The van der Waals surface area contributed by atoms with Crippen molar-refractivity contribution in [2.24, 2.45) is 0 Å². The highest BCUT2D eigenvalue weighted by Gasteiger charge is 2.18. The van der Waals surface area contributed by atoms with Gasteiger partial charge in [-0.25, -0.2) is 18.2 Å². The molecule has 0 aliphatic heterocycles. The fraction of sp³-hybridized carbons (Fsp3) is 0.375. The second-order valence-corrected chi connectivity index (χ2v) is 6.96. The van der Waals surface area contributed by atoms with Gasteiger partial charge < -0.3 is 4.74 Å². The van der Waals surface area contributed by atoms with Gasteiger partial charge in [-0.1, -0.05) is 19.1 Å². The molecule has 24 heavy (non-hydrogen) atoms. The van der Waals surface area contributed by atoms with Gasteiger partial charge >= 0.3 is 0 Å². The van der Waals surface area contributed by atoms with Gasteiger partial charge in [-0.05, 0) is 30.5 Å². The number of nitrogens with one attached hydrogen (secondary N) is 2. The summed E-state index contributed by atoms with van der Waals surface area (Å²) < 4.78 is 32.7. The molecule has 0 unspecified atom stereocenters. The van der Waals surface area contributed by atoms with Crippen LogP contribution in [0.3, 0.4) is 0 Å². The number of H-pyrrole nitrogens is 1. The molecule has 0 amide bonds. The van der Waals surface area contributed by atoms with Crippen LogP contribution in [0.1, 0.15) is 18.9 Å². The smallest absolute Gasteiger partial charge is 0.264 e. The second kappa shape index (κ2) is 8.18. The molecule has 8 heteroatoms. The number of benzene rings is 1. The van der Waals surface area contributed by atoms with Crippen molar-refractivity contribution in [1.29, 1.82) is 0 Å². The molecule has 2 rings (SSSR count). The lowest BCUT2D eigenvalue weighted by Gasteiger charge is -2.12. The van der Waals surface area contributed by atoms with Crippen LogP contribution in [-0.4, -0.2) is 38.9 Å². The number of aromatic amines is 1. The van der Waals surface area contributed by atoms with E-state index in [0.29, 0.717) is 37.3 Å². The maximum Gasteiger partial charge on any atom is 0.264 e. The van der Waals surface area contributed by atoms with Gasteiger partial charge in [0.05, 0.1) is 10.6 Å². The van der Waals surface area contributed by atoms with Crippen molar-refractivity contribution in [3.63, 3.8) is 0 Å². The Morgan fingerprint density at radius 2 is 2.04 bits per heavy atom. The third kappa shape index (κ3) is 4.50. The first-order chi connectivity index (χ1) is 11.5. The molecule has 2 aromatic rings. The molecule has 0 spiro atoms. The summed E-state index contributed by atoms with van der Waals surface area (Å²) in [5.41, 5.74) is 1.55. The van der Waals surface area contributed by atoms with Gasteiger partial charge in [-0.3, -0.25) is 4.79 Å². The summed E-state index contributed by atoms with van der Waals surface area (Å²) in [5.74, 6) is 0. The molecule has 2 N–H and O–H groups in total. The molecule has 7 nitrogen and oxygen atoms in total. The van der Waals surface area contributed by atoms with Crippen molar-refractivity contribution in [2.75, 3.05) is 20.3 Å². The van der Waals surface area contributed by atoms with E-state index >= 15 is 0 Å². The number of hydrogen-bond donors (Lipinski definition) is 2. The van der Waals surface area contributed by atoms with Gasteiger partial charge in [0, 0.05) is 31.9 Å². The van der Waals surface area contributed by atoms with Crippen LogP contribution in [0.15, 0.2) is 40.0 Å². The number of rotatable bonds is 8. The van der Waals surface area contributed by atoms with E-state index in [1.54, 1.807) is 31.4 Å². The van der Waals surface area contributed by atoms with Gasteiger partial charge in [0.2, 0.25) is 10.0 Å². The normalized spacial score (nSPS) is 11.6. The lowest BCUT2D eigenvalue weighted by atomic mass is 10.1. The summed E-state index contributed by atoms with van der Waals surface area (Å²) in [6, 6.07) is 8.06. The minimum absolute atomic E-state index is 0.230. The number of aryl methyl sites for hydroxylation is 1. The van der Waals surface area contributed by atoms with Crippen molar-refractivity contribution in [3.8, 4) is 11.3 Å². The van der Waals surface area contributed by atoms with Crippen LogP contribution in [0.4, 0.5) is 0 Å². The van der Waals surface area contributed by atoms with E-state index in [1.807, 2.05) is 6.92 Å². The molecule has 0 saturated heterocycles. The molecule has 1 heterocycles. The lowest BCUT2D eigenvalue weighted by Crippen LogP contribution is -2.26. The molecule has 0 aliphatic rings. The Bertz CT molecular complexity index is 826. The van der Waals surface area contributed by atoms with Crippen molar-refractivity contribution < 1.29 is 13.2 Å². The van der Waals surface area contributed by atoms with E-state index in [0.717, 1.165) is 5.56 Å². The minimum Gasteiger partial charge on any atom is -0.385 e. The largest absolute Gasteiger partial charge is 0.385 e. The molecule has 0 radical (unpaired) electrons. The van der Waals surface area contributed by atoms with Crippen molar-refractivity contribution in [1.82, 2.24) is 14.9 Å². The molecular formula is C16H21N3O4S. The Morgan fingerprint density at radius 3 is 2.67 bits per heavy atom. The maximum absolute atomic E-state index is 12.6. The summed E-state index contributed by atoms with van der Waals surface area (Å²) in [6.07, 6.45) is 1.19. The zero-order chi connectivity index (χ0) is 17.6. The minimum atomic E-state index is -3.63. The van der Waals surface area contributed by atoms with Crippen LogP contribution in [0.25, 0.3) is 11.3 Å². The van der Waals surface area contributed by atoms with E-state index in [-0.39, 0.29) is 10.5 Å². The average Bonchev–Trinajstić information content (AvgIpc) is 2.59. The first-order valence-electron chi connectivity index (χ1n) is 7.65. The first kappa shape index (κ1) is 18.3. The summed E-state index contributed by atoms with van der Waals surface area (Å²) in [5, 5.41) is 6.29. The maximum atomic E-state index is 12.6. The van der Waals surface area contributed by atoms with Crippen molar-refractivity contribution in [2.45, 2.75) is 24.7 Å². The lowest BCUT2D eigenvalue weighted by molar-refractivity contribution is 0.196. The summed E-state index contributed by atoms with van der Waals surface area (Å²) in [6.45, 7) is 2.70. The molecule has 0 bridgehead atoms. The highest BCUT2D eigenvalue weighted by Crippen LogP contribution is 2.24. The Kier molecular flexibility index (Phi) is 6.24. The standard InChI is InChI=1S/C16H21N3O4S/c1-3-12-5-6-13(14-7-8-16(20)19-18-14)11-15(12)24(21,22)17-9-4-10-23-2/h5-8,11,17H,3-4,9-10H2,1-2H3,(H,19,20). The number of nitrogens with zero attached hydrogens (tertiary/aromatic N) is 1. The number of hydrogen-bond acceptors (Lipinski definition) is 5. The number of aromatic nitrogens is 2. The highest BCUT2D eigenvalue weighted by atomic mass is 32.2. The van der Waals surface area contributed by atoms with Crippen LogP contribution >= 0.6 is 0 Å². The molecule has 0 atom stereocenters. The molecule has 0 saturated carbocycles. The molecular weight excluding hydrogens is 330 g/mol. The number of methoxy groups -OCH3 is 1. The Hall–Kier alpha value is -2.03. The van der Waals surface area contributed by atoms with E-state index in [4.69, 9.17) is 4.74 Å².